The van der Waals surface area contributed by atoms with E-state index < -0.39 is 18.1 Å². The topological polar surface area (TPSA) is 107 Å². The van der Waals surface area contributed by atoms with Crippen LogP contribution in [-0.2, 0) is 33.9 Å². The number of carbonyl (C=O) groups is 3. The van der Waals surface area contributed by atoms with Crippen LogP contribution >= 0.6 is 11.3 Å². The second kappa shape index (κ2) is 15.6. The minimum Gasteiger partial charge on any atom is -0.455 e. The van der Waals surface area contributed by atoms with E-state index in [1.807, 2.05) is 79.9 Å². The number of nitrogens with zero attached hydrogens (tertiary/aromatic N) is 1. The molecule has 1 aromatic heterocycles. The molecule has 0 bridgehead atoms. The lowest BCUT2D eigenvalue weighted by molar-refractivity contribution is -0.123. The van der Waals surface area contributed by atoms with Crippen molar-refractivity contribution in [1.29, 1.82) is 0 Å². The van der Waals surface area contributed by atoms with Crippen molar-refractivity contribution in [3.05, 3.63) is 87.9 Å². The molecule has 2 aromatic carbocycles. The predicted octanol–water partition coefficient (Wildman–Crippen LogP) is 5.53. The van der Waals surface area contributed by atoms with Crippen molar-refractivity contribution < 1.29 is 23.9 Å². The first-order valence-corrected chi connectivity index (χ1v) is 14.1. The van der Waals surface area contributed by atoms with Gasteiger partial charge in [0.15, 0.2) is 0 Å². The molecule has 0 radical (unpaired) electrons. The summed E-state index contributed by atoms with van der Waals surface area (Å²) in [5.41, 5.74) is 2.63. The minimum atomic E-state index is -0.674. The van der Waals surface area contributed by atoms with E-state index in [0.717, 1.165) is 23.2 Å². The third-order valence-corrected chi connectivity index (χ3v) is 6.83. The first-order valence-electron chi connectivity index (χ1n) is 13.2. The van der Waals surface area contributed by atoms with Crippen LogP contribution in [0.4, 0.5) is 4.79 Å². The van der Waals surface area contributed by atoms with Crippen molar-refractivity contribution in [1.82, 2.24) is 15.6 Å². The summed E-state index contributed by atoms with van der Waals surface area (Å²) in [7, 11) is 0. The largest absolute Gasteiger partial charge is 0.455 e. The van der Waals surface area contributed by atoms with Crippen molar-refractivity contribution in [3.8, 4) is 0 Å². The molecule has 2 N–H and O–H groups in total. The third kappa shape index (κ3) is 10.9. The van der Waals surface area contributed by atoms with E-state index in [1.54, 1.807) is 0 Å². The Hall–Kier alpha value is -3.72. The van der Waals surface area contributed by atoms with E-state index in [2.05, 4.69) is 22.5 Å². The zero-order chi connectivity index (χ0) is 28.0. The van der Waals surface area contributed by atoms with E-state index in [0.29, 0.717) is 24.4 Å². The SMILES string of the molecule is CC(C)C[C@H](NC(=O)OCc1ccccc1)C(=O)NCCC(C)Cc1csc(C(=O)OCc2ccccc2)n1. The number of hydrogen-bond donors (Lipinski definition) is 2. The summed E-state index contributed by atoms with van der Waals surface area (Å²) in [4.78, 5) is 41.9. The first kappa shape index (κ1) is 29.8. The summed E-state index contributed by atoms with van der Waals surface area (Å²) < 4.78 is 10.6. The Morgan fingerprint density at radius 3 is 2.13 bits per heavy atom. The summed E-state index contributed by atoms with van der Waals surface area (Å²) in [6, 6.07) is 18.2. The molecule has 2 atom stereocenters. The maximum absolute atomic E-state index is 12.8. The Kier molecular flexibility index (Phi) is 12.0. The van der Waals surface area contributed by atoms with Crippen molar-refractivity contribution in [2.75, 3.05) is 6.54 Å². The van der Waals surface area contributed by atoms with E-state index in [4.69, 9.17) is 9.47 Å². The fourth-order valence-electron chi connectivity index (χ4n) is 3.91. The smallest absolute Gasteiger partial charge is 0.408 e. The molecular weight excluding hydrogens is 514 g/mol. The van der Waals surface area contributed by atoms with Gasteiger partial charge in [0.2, 0.25) is 10.9 Å². The van der Waals surface area contributed by atoms with E-state index in [-0.39, 0.29) is 31.0 Å². The number of hydrogen-bond acceptors (Lipinski definition) is 7. The van der Waals surface area contributed by atoms with Gasteiger partial charge >= 0.3 is 12.1 Å². The average Bonchev–Trinajstić information content (AvgIpc) is 3.39. The molecule has 1 heterocycles. The molecule has 3 rings (SSSR count). The normalized spacial score (nSPS) is 12.4. The van der Waals surface area contributed by atoms with Gasteiger partial charge in [-0.15, -0.1) is 11.3 Å². The van der Waals surface area contributed by atoms with Crippen molar-refractivity contribution >= 4 is 29.3 Å². The van der Waals surface area contributed by atoms with Crippen LogP contribution in [-0.4, -0.2) is 35.5 Å². The van der Waals surface area contributed by atoms with Crippen LogP contribution in [0, 0.1) is 11.8 Å². The molecule has 39 heavy (non-hydrogen) atoms. The van der Waals surface area contributed by atoms with E-state index in [1.165, 1.54) is 11.3 Å². The average molecular weight is 552 g/mol. The number of rotatable bonds is 14. The maximum Gasteiger partial charge on any atom is 0.408 e. The predicted molar refractivity (Wildman–Crippen MR) is 151 cm³/mol. The highest BCUT2D eigenvalue weighted by Crippen LogP contribution is 2.17. The number of aromatic nitrogens is 1. The molecule has 0 saturated heterocycles. The van der Waals surface area contributed by atoms with Gasteiger partial charge in [0.05, 0.1) is 5.69 Å². The molecule has 0 aliphatic rings. The van der Waals surface area contributed by atoms with Crippen molar-refractivity contribution in [3.63, 3.8) is 0 Å². The van der Waals surface area contributed by atoms with Gasteiger partial charge in [-0.25, -0.2) is 14.6 Å². The lowest BCUT2D eigenvalue weighted by Crippen LogP contribution is -2.47. The Balaban J connectivity index is 1.39. The Morgan fingerprint density at radius 2 is 1.51 bits per heavy atom. The number of ether oxygens (including phenoxy) is 2. The maximum atomic E-state index is 12.8. The van der Waals surface area contributed by atoms with Gasteiger partial charge < -0.3 is 20.1 Å². The number of thiazole rings is 1. The van der Waals surface area contributed by atoms with Gasteiger partial charge in [0.25, 0.3) is 0 Å². The fourth-order valence-corrected chi connectivity index (χ4v) is 4.64. The highest BCUT2D eigenvalue weighted by molar-refractivity contribution is 7.11. The second-order valence-corrected chi connectivity index (χ2v) is 10.8. The summed E-state index contributed by atoms with van der Waals surface area (Å²) >= 11 is 1.27. The molecule has 3 aromatic rings. The standard InChI is InChI=1S/C30H37N3O5S/c1-21(2)16-26(33-30(36)38-19-24-12-8-5-9-13-24)27(34)31-15-14-22(3)17-25-20-39-28(32-25)29(35)37-18-23-10-6-4-7-11-23/h4-13,20-22,26H,14-19H2,1-3H3,(H,31,34)(H,33,36)/t22?,26-/m0/s1. The summed E-state index contributed by atoms with van der Waals surface area (Å²) in [6.45, 7) is 6.89. The van der Waals surface area contributed by atoms with Crippen molar-refractivity contribution in [2.45, 2.75) is 59.3 Å². The molecule has 0 fully saturated rings. The highest BCUT2D eigenvalue weighted by atomic mass is 32.1. The van der Waals surface area contributed by atoms with E-state index >= 15 is 0 Å². The van der Waals surface area contributed by atoms with Gasteiger partial charge in [-0.05, 0) is 42.2 Å². The Labute approximate surface area is 234 Å². The molecule has 2 amide bonds. The van der Waals surface area contributed by atoms with Crippen LogP contribution < -0.4 is 10.6 Å². The van der Waals surface area contributed by atoms with Crippen LogP contribution in [0.25, 0.3) is 0 Å². The molecule has 8 nitrogen and oxygen atoms in total. The Bertz CT molecular complexity index is 1180. The summed E-state index contributed by atoms with van der Waals surface area (Å²) in [6.07, 6.45) is 1.29. The lowest BCUT2D eigenvalue weighted by Gasteiger charge is -2.20. The van der Waals surface area contributed by atoms with Crippen LogP contribution in [0.2, 0.25) is 0 Å². The molecule has 1 unspecified atom stereocenters. The van der Waals surface area contributed by atoms with Gasteiger partial charge in [-0.3, -0.25) is 4.79 Å². The van der Waals surface area contributed by atoms with Gasteiger partial charge in [0.1, 0.15) is 19.3 Å². The molecule has 9 heteroatoms. The van der Waals surface area contributed by atoms with Gasteiger partial charge in [-0.2, -0.15) is 0 Å². The van der Waals surface area contributed by atoms with Crippen LogP contribution in [0.3, 0.4) is 0 Å². The van der Waals surface area contributed by atoms with E-state index in [9.17, 15) is 14.4 Å². The molecule has 0 aliphatic heterocycles. The van der Waals surface area contributed by atoms with Gasteiger partial charge in [0, 0.05) is 11.9 Å². The monoisotopic (exact) mass is 551 g/mol. The number of carbonyl (C=O) groups excluding carboxylic acids is 3. The summed E-state index contributed by atoms with van der Waals surface area (Å²) in [5.74, 6) is -0.217. The molecule has 208 valence electrons. The van der Waals surface area contributed by atoms with Crippen molar-refractivity contribution in [2.24, 2.45) is 11.8 Å². The second-order valence-electron chi connectivity index (χ2n) is 9.98. The highest BCUT2D eigenvalue weighted by Gasteiger charge is 2.23. The Morgan fingerprint density at radius 1 is 0.897 bits per heavy atom. The first-order chi connectivity index (χ1) is 18.8. The van der Waals surface area contributed by atoms with Crippen LogP contribution in [0.1, 0.15) is 60.2 Å². The van der Waals surface area contributed by atoms with Gasteiger partial charge in [-0.1, -0.05) is 81.4 Å². The number of esters is 1. The van der Waals surface area contributed by atoms with Crippen LogP contribution in [0.5, 0.6) is 0 Å². The number of alkyl carbamates (subject to hydrolysis) is 1. The number of amides is 2. The number of nitrogens with one attached hydrogen (secondary N) is 2. The third-order valence-electron chi connectivity index (χ3n) is 5.96. The minimum absolute atomic E-state index is 0.142. The molecule has 0 saturated carbocycles. The molecular formula is C30H37N3O5S. The fraction of sp³-hybridized carbons (Fsp3) is 0.400. The van der Waals surface area contributed by atoms with Crippen LogP contribution in [0.15, 0.2) is 66.0 Å². The lowest BCUT2D eigenvalue weighted by atomic mass is 10.0. The molecule has 0 aliphatic carbocycles. The zero-order valence-electron chi connectivity index (χ0n) is 22.7. The zero-order valence-corrected chi connectivity index (χ0v) is 23.5. The molecule has 0 spiro atoms. The number of benzene rings is 2. The summed E-state index contributed by atoms with van der Waals surface area (Å²) in [5, 5.41) is 7.85. The quantitative estimate of drug-likeness (QED) is 0.255.